The first-order valence-corrected chi connectivity index (χ1v) is 9.49. The lowest BCUT2D eigenvalue weighted by atomic mass is 10.2. The van der Waals surface area contributed by atoms with Crippen LogP contribution in [-0.2, 0) is 6.54 Å². The lowest BCUT2D eigenvalue weighted by molar-refractivity contribution is 0.0995. The molecule has 1 aliphatic rings. The summed E-state index contributed by atoms with van der Waals surface area (Å²) >= 11 is 0. The Labute approximate surface area is 171 Å². The zero-order chi connectivity index (χ0) is 21.1. The number of oxazole rings is 1. The minimum atomic E-state index is -0.722. The van der Waals surface area contributed by atoms with Crippen LogP contribution >= 0.6 is 0 Å². The predicted molar refractivity (Wildman–Crippen MR) is 107 cm³/mol. The van der Waals surface area contributed by atoms with Crippen molar-refractivity contribution in [2.45, 2.75) is 19.4 Å². The van der Waals surface area contributed by atoms with E-state index in [9.17, 15) is 9.59 Å². The largest absolute Gasteiger partial charge is 0.444 e. The number of nitrogens with zero attached hydrogens (tertiary/aromatic N) is 4. The standard InChI is InChI=1S/C19H21N7O4/c20-17(28)16-13(9-26(25-16)8-11-1-2-11)23-18(29)14-10-30-19(24-14)12-3-4-21-15(7-12)22-5-6-27/h3-4,7,9-11,27H,1-2,5-6,8H2,(H2,20,28)(H,21,22)(H,23,29). The van der Waals surface area contributed by atoms with Crippen molar-refractivity contribution in [1.82, 2.24) is 19.7 Å². The molecule has 1 fully saturated rings. The van der Waals surface area contributed by atoms with Crippen molar-refractivity contribution in [3.8, 4) is 11.5 Å². The molecule has 30 heavy (non-hydrogen) atoms. The molecule has 2 amide bonds. The highest BCUT2D eigenvalue weighted by atomic mass is 16.3. The number of carbonyl (C=O) groups is 2. The van der Waals surface area contributed by atoms with E-state index in [0.717, 1.165) is 12.8 Å². The van der Waals surface area contributed by atoms with Gasteiger partial charge in [-0.3, -0.25) is 14.3 Å². The van der Waals surface area contributed by atoms with Gasteiger partial charge in [0, 0.05) is 31.0 Å². The van der Waals surface area contributed by atoms with E-state index in [1.54, 1.807) is 29.2 Å². The van der Waals surface area contributed by atoms with E-state index in [-0.39, 0.29) is 29.6 Å². The molecule has 3 aromatic heterocycles. The highest BCUT2D eigenvalue weighted by Gasteiger charge is 2.25. The third-order valence-corrected chi connectivity index (χ3v) is 4.55. The van der Waals surface area contributed by atoms with Gasteiger partial charge in [-0.25, -0.2) is 9.97 Å². The van der Waals surface area contributed by atoms with E-state index in [2.05, 4.69) is 25.7 Å². The zero-order valence-corrected chi connectivity index (χ0v) is 16.0. The molecule has 156 valence electrons. The number of aliphatic hydroxyl groups excluding tert-OH is 1. The lowest BCUT2D eigenvalue weighted by Gasteiger charge is -2.03. The quantitative estimate of drug-likeness (QED) is 0.407. The number of nitrogens with one attached hydrogen (secondary N) is 2. The summed E-state index contributed by atoms with van der Waals surface area (Å²) in [6.45, 7) is 1.00. The lowest BCUT2D eigenvalue weighted by Crippen LogP contribution is -2.18. The number of amides is 2. The van der Waals surface area contributed by atoms with Gasteiger partial charge in [-0.05, 0) is 30.9 Å². The molecular weight excluding hydrogens is 390 g/mol. The molecule has 0 saturated heterocycles. The molecule has 1 saturated carbocycles. The van der Waals surface area contributed by atoms with Gasteiger partial charge in [-0.2, -0.15) is 5.10 Å². The van der Waals surface area contributed by atoms with E-state index >= 15 is 0 Å². The van der Waals surface area contributed by atoms with E-state index in [0.29, 0.717) is 30.4 Å². The molecular formula is C19H21N7O4. The Morgan fingerprint density at radius 1 is 1.37 bits per heavy atom. The summed E-state index contributed by atoms with van der Waals surface area (Å²) in [5.74, 6) is 0.0463. The summed E-state index contributed by atoms with van der Waals surface area (Å²) in [7, 11) is 0. The van der Waals surface area contributed by atoms with Gasteiger partial charge in [0.2, 0.25) is 5.89 Å². The molecule has 0 atom stereocenters. The van der Waals surface area contributed by atoms with Crippen LogP contribution in [0.3, 0.4) is 0 Å². The number of aromatic nitrogens is 4. The van der Waals surface area contributed by atoms with Crippen molar-refractivity contribution in [2.75, 3.05) is 23.8 Å². The van der Waals surface area contributed by atoms with Gasteiger partial charge < -0.3 is 25.9 Å². The summed E-state index contributed by atoms with van der Waals surface area (Å²) in [4.78, 5) is 32.6. The van der Waals surface area contributed by atoms with Crippen LogP contribution in [0.5, 0.6) is 0 Å². The number of nitrogens with two attached hydrogens (primary N) is 1. The summed E-state index contributed by atoms with van der Waals surface area (Å²) in [6, 6.07) is 3.38. The molecule has 5 N–H and O–H groups in total. The van der Waals surface area contributed by atoms with Crippen LogP contribution in [0.1, 0.15) is 33.8 Å². The normalized spacial score (nSPS) is 13.2. The van der Waals surface area contributed by atoms with Crippen LogP contribution in [0.15, 0.2) is 35.2 Å². The average Bonchev–Trinajstić information content (AvgIpc) is 3.25. The summed E-state index contributed by atoms with van der Waals surface area (Å²) in [5.41, 5.74) is 6.27. The van der Waals surface area contributed by atoms with E-state index in [4.69, 9.17) is 15.3 Å². The first-order valence-electron chi connectivity index (χ1n) is 9.49. The first kappa shape index (κ1) is 19.6. The van der Waals surface area contributed by atoms with Gasteiger partial charge >= 0.3 is 0 Å². The van der Waals surface area contributed by atoms with Crippen LogP contribution in [-0.4, -0.2) is 49.8 Å². The third-order valence-electron chi connectivity index (χ3n) is 4.55. The van der Waals surface area contributed by atoms with E-state index < -0.39 is 11.8 Å². The van der Waals surface area contributed by atoms with Crippen LogP contribution < -0.4 is 16.4 Å². The van der Waals surface area contributed by atoms with Crippen molar-refractivity contribution in [1.29, 1.82) is 0 Å². The van der Waals surface area contributed by atoms with E-state index in [1.807, 2.05) is 0 Å². The molecule has 4 rings (SSSR count). The van der Waals surface area contributed by atoms with Crippen molar-refractivity contribution in [3.05, 3.63) is 42.2 Å². The maximum atomic E-state index is 12.6. The minimum Gasteiger partial charge on any atom is -0.444 e. The van der Waals surface area contributed by atoms with Crippen LogP contribution in [0.4, 0.5) is 11.5 Å². The molecule has 3 heterocycles. The molecule has 11 heteroatoms. The molecule has 0 bridgehead atoms. The van der Waals surface area contributed by atoms with Crippen molar-refractivity contribution < 1.29 is 19.1 Å². The Morgan fingerprint density at radius 3 is 2.93 bits per heavy atom. The van der Waals surface area contributed by atoms with Crippen molar-refractivity contribution in [3.63, 3.8) is 0 Å². The highest BCUT2D eigenvalue weighted by molar-refractivity contribution is 6.07. The number of hydrogen-bond acceptors (Lipinski definition) is 8. The number of aliphatic hydroxyl groups is 1. The molecule has 0 unspecified atom stereocenters. The second-order valence-electron chi connectivity index (χ2n) is 6.99. The Morgan fingerprint density at radius 2 is 2.20 bits per heavy atom. The Balaban J connectivity index is 1.49. The smallest absolute Gasteiger partial charge is 0.277 e. The highest BCUT2D eigenvalue weighted by Crippen LogP contribution is 2.31. The Kier molecular flexibility index (Phi) is 5.44. The monoisotopic (exact) mass is 411 g/mol. The fraction of sp³-hybridized carbons (Fsp3) is 0.316. The fourth-order valence-electron chi connectivity index (χ4n) is 2.89. The number of anilines is 2. The molecule has 0 spiro atoms. The van der Waals surface area contributed by atoms with Gasteiger partial charge in [-0.15, -0.1) is 0 Å². The summed E-state index contributed by atoms with van der Waals surface area (Å²) in [6.07, 6.45) is 6.64. The number of hydrogen-bond donors (Lipinski definition) is 4. The Hall–Kier alpha value is -3.73. The maximum Gasteiger partial charge on any atom is 0.277 e. The van der Waals surface area contributed by atoms with E-state index in [1.165, 1.54) is 6.26 Å². The van der Waals surface area contributed by atoms with Crippen molar-refractivity contribution in [2.24, 2.45) is 11.7 Å². The SMILES string of the molecule is NC(=O)c1nn(CC2CC2)cc1NC(=O)c1coc(-c2ccnc(NCCO)c2)n1. The van der Waals surface area contributed by atoms with Crippen LogP contribution in [0, 0.1) is 5.92 Å². The van der Waals surface area contributed by atoms with Crippen molar-refractivity contribution >= 4 is 23.3 Å². The van der Waals surface area contributed by atoms with Gasteiger partial charge in [0.25, 0.3) is 11.8 Å². The van der Waals surface area contributed by atoms with Gasteiger partial charge in [-0.1, -0.05) is 0 Å². The second kappa shape index (κ2) is 8.33. The Bertz CT molecular complexity index is 1070. The minimum absolute atomic E-state index is 0.00134. The molecule has 0 aliphatic heterocycles. The van der Waals surface area contributed by atoms with Gasteiger partial charge in [0.1, 0.15) is 12.1 Å². The molecule has 11 nitrogen and oxygen atoms in total. The molecule has 0 radical (unpaired) electrons. The second-order valence-corrected chi connectivity index (χ2v) is 6.99. The topological polar surface area (TPSA) is 161 Å². The predicted octanol–water partition coefficient (Wildman–Crippen LogP) is 1.10. The number of pyridine rings is 1. The number of primary amides is 1. The van der Waals surface area contributed by atoms with Crippen LogP contribution in [0.25, 0.3) is 11.5 Å². The fourth-order valence-corrected chi connectivity index (χ4v) is 2.89. The maximum absolute atomic E-state index is 12.6. The van der Waals surface area contributed by atoms with Gasteiger partial charge in [0.15, 0.2) is 11.4 Å². The summed E-state index contributed by atoms with van der Waals surface area (Å²) in [5, 5.41) is 18.6. The van der Waals surface area contributed by atoms with Gasteiger partial charge in [0.05, 0.1) is 12.3 Å². The third kappa shape index (κ3) is 4.46. The summed E-state index contributed by atoms with van der Waals surface area (Å²) < 4.78 is 7.05. The first-order chi connectivity index (χ1) is 14.5. The van der Waals surface area contributed by atoms with Crippen LogP contribution in [0.2, 0.25) is 0 Å². The zero-order valence-electron chi connectivity index (χ0n) is 16.0. The number of carbonyl (C=O) groups excluding carboxylic acids is 2. The molecule has 0 aromatic carbocycles. The molecule has 3 aromatic rings. The average molecular weight is 411 g/mol. The molecule has 1 aliphatic carbocycles. The number of rotatable bonds is 9.